The first-order valence-corrected chi connectivity index (χ1v) is 11.3. The van der Waals surface area contributed by atoms with Crippen LogP contribution in [-0.4, -0.2) is 41.6 Å². The Morgan fingerprint density at radius 3 is 2.42 bits per heavy atom. The molecule has 0 aromatic heterocycles. The zero-order valence-electron chi connectivity index (χ0n) is 19.7. The van der Waals surface area contributed by atoms with Gasteiger partial charge in [-0.3, -0.25) is 9.59 Å². The van der Waals surface area contributed by atoms with Gasteiger partial charge in [0.2, 0.25) is 6.79 Å². The van der Waals surface area contributed by atoms with E-state index in [1.807, 2.05) is 31.2 Å². The number of likely N-dealkylation sites (tertiary alicyclic amines) is 1. The van der Waals surface area contributed by atoms with Gasteiger partial charge in [-0.25, -0.2) is 4.79 Å². The van der Waals surface area contributed by atoms with Crippen molar-refractivity contribution in [3.8, 4) is 11.5 Å². The molecule has 1 fully saturated rings. The number of methoxy groups -OCH3 is 1. The lowest BCUT2D eigenvalue weighted by atomic mass is 9.92. The molecule has 3 aromatic carbocycles. The number of amides is 1. The zero-order valence-corrected chi connectivity index (χ0v) is 19.7. The summed E-state index contributed by atoms with van der Waals surface area (Å²) in [6.45, 7) is 2.06. The number of fused-ring (bicyclic) bond motifs is 1. The molecule has 1 N–H and O–H groups in total. The summed E-state index contributed by atoms with van der Waals surface area (Å²) in [5.74, 6) is -1.26. The van der Waals surface area contributed by atoms with Crippen LogP contribution in [0.4, 0.5) is 0 Å². The van der Waals surface area contributed by atoms with Gasteiger partial charge in [-0.1, -0.05) is 36.4 Å². The molecule has 0 bridgehead atoms. The second-order valence-corrected chi connectivity index (χ2v) is 8.54. The van der Waals surface area contributed by atoms with Crippen LogP contribution in [0.1, 0.15) is 38.7 Å². The number of aliphatic hydroxyl groups excluding tert-OH is 1. The topological polar surface area (TPSA) is 102 Å². The lowest BCUT2D eigenvalue weighted by Gasteiger charge is -2.26. The van der Waals surface area contributed by atoms with Crippen LogP contribution in [0.2, 0.25) is 0 Å². The van der Waals surface area contributed by atoms with E-state index in [-0.39, 0.29) is 24.7 Å². The van der Waals surface area contributed by atoms with Crippen molar-refractivity contribution in [2.45, 2.75) is 19.5 Å². The van der Waals surface area contributed by atoms with Gasteiger partial charge in [0.1, 0.15) is 5.76 Å². The Kier molecular flexibility index (Phi) is 5.93. The fraction of sp³-hybridized carbons (Fsp3) is 0.179. The van der Waals surface area contributed by atoms with E-state index in [0.717, 1.165) is 11.1 Å². The molecule has 8 nitrogen and oxygen atoms in total. The number of rotatable bonds is 5. The smallest absolute Gasteiger partial charge is 0.337 e. The molecule has 1 atom stereocenters. The number of aryl methyl sites for hydroxylation is 1. The van der Waals surface area contributed by atoms with Crippen LogP contribution < -0.4 is 9.47 Å². The SMILES string of the molecule is COC(=O)c1ccc(CN2C(=O)C(=O)/C(=C(/O)c3ccc4c(c3)OCO4)C2c2ccccc2C)cc1. The van der Waals surface area contributed by atoms with Crippen molar-refractivity contribution in [3.63, 3.8) is 0 Å². The Balaban J connectivity index is 1.59. The third kappa shape index (κ3) is 3.96. The molecule has 2 aliphatic rings. The Morgan fingerprint density at radius 1 is 1.00 bits per heavy atom. The third-order valence-corrected chi connectivity index (χ3v) is 6.40. The highest BCUT2D eigenvalue weighted by Crippen LogP contribution is 2.42. The molecule has 1 unspecified atom stereocenters. The molecule has 3 aromatic rings. The largest absolute Gasteiger partial charge is 0.507 e. The van der Waals surface area contributed by atoms with Crippen LogP contribution in [-0.2, 0) is 20.9 Å². The molecule has 8 heteroatoms. The first-order chi connectivity index (χ1) is 17.4. The van der Waals surface area contributed by atoms with Crippen molar-refractivity contribution in [1.29, 1.82) is 0 Å². The summed E-state index contributed by atoms with van der Waals surface area (Å²) in [5, 5.41) is 11.3. The van der Waals surface area contributed by atoms with Gasteiger partial charge in [0.05, 0.1) is 24.3 Å². The van der Waals surface area contributed by atoms with Crippen molar-refractivity contribution in [3.05, 3.63) is 100 Å². The second-order valence-electron chi connectivity index (χ2n) is 8.54. The predicted molar refractivity (Wildman–Crippen MR) is 129 cm³/mol. The van der Waals surface area contributed by atoms with Crippen molar-refractivity contribution in [1.82, 2.24) is 4.90 Å². The summed E-state index contributed by atoms with van der Waals surface area (Å²) in [6, 6.07) is 18.1. The van der Waals surface area contributed by atoms with Crippen LogP contribution in [0.15, 0.2) is 72.3 Å². The van der Waals surface area contributed by atoms with E-state index in [1.54, 1.807) is 42.5 Å². The van der Waals surface area contributed by atoms with Gasteiger partial charge in [0, 0.05) is 12.1 Å². The molecule has 0 radical (unpaired) electrons. The monoisotopic (exact) mass is 485 g/mol. The highest BCUT2D eigenvalue weighted by Gasteiger charge is 2.46. The first kappa shape index (κ1) is 23.2. The van der Waals surface area contributed by atoms with Gasteiger partial charge in [0.15, 0.2) is 11.5 Å². The molecule has 182 valence electrons. The number of carbonyl (C=O) groups excluding carboxylic acids is 3. The van der Waals surface area contributed by atoms with E-state index in [1.165, 1.54) is 12.0 Å². The van der Waals surface area contributed by atoms with Crippen LogP contribution in [0.25, 0.3) is 5.76 Å². The number of hydrogen-bond donors (Lipinski definition) is 1. The number of ketones is 1. The van der Waals surface area contributed by atoms with Gasteiger partial charge in [-0.2, -0.15) is 0 Å². The molecule has 1 saturated heterocycles. The van der Waals surface area contributed by atoms with Crippen LogP contribution in [0.5, 0.6) is 11.5 Å². The third-order valence-electron chi connectivity index (χ3n) is 6.40. The average Bonchev–Trinajstić information content (AvgIpc) is 3.46. The van der Waals surface area contributed by atoms with E-state index < -0.39 is 23.7 Å². The summed E-state index contributed by atoms with van der Waals surface area (Å²) in [6.07, 6.45) is 0. The fourth-order valence-electron chi connectivity index (χ4n) is 4.52. The highest BCUT2D eigenvalue weighted by atomic mass is 16.7. The number of nitrogens with zero attached hydrogens (tertiary/aromatic N) is 1. The molecule has 0 saturated carbocycles. The van der Waals surface area contributed by atoms with Gasteiger partial charge in [0.25, 0.3) is 11.7 Å². The summed E-state index contributed by atoms with van der Waals surface area (Å²) in [5.41, 5.74) is 3.03. The van der Waals surface area contributed by atoms with Gasteiger partial charge >= 0.3 is 5.97 Å². The summed E-state index contributed by atoms with van der Waals surface area (Å²) < 4.78 is 15.5. The highest BCUT2D eigenvalue weighted by molar-refractivity contribution is 6.46. The minimum absolute atomic E-state index is 0.000605. The van der Waals surface area contributed by atoms with Crippen LogP contribution in [0, 0.1) is 6.92 Å². The predicted octanol–water partition coefficient (Wildman–Crippen LogP) is 4.13. The number of Topliss-reactive ketones (excluding diaryl/α,β-unsaturated/α-hetero) is 1. The first-order valence-electron chi connectivity index (χ1n) is 11.3. The lowest BCUT2D eigenvalue weighted by molar-refractivity contribution is -0.140. The molecule has 36 heavy (non-hydrogen) atoms. The zero-order chi connectivity index (χ0) is 25.4. The van der Waals surface area contributed by atoms with E-state index in [9.17, 15) is 19.5 Å². The lowest BCUT2D eigenvalue weighted by Crippen LogP contribution is -2.29. The number of aliphatic hydroxyl groups is 1. The van der Waals surface area contributed by atoms with Crippen LogP contribution in [0.3, 0.4) is 0 Å². The maximum absolute atomic E-state index is 13.3. The summed E-state index contributed by atoms with van der Waals surface area (Å²) >= 11 is 0. The maximum Gasteiger partial charge on any atom is 0.337 e. The maximum atomic E-state index is 13.3. The Morgan fingerprint density at radius 2 is 1.69 bits per heavy atom. The quantitative estimate of drug-likeness (QED) is 0.251. The number of esters is 1. The van der Waals surface area contributed by atoms with E-state index >= 15 is 0 Å². The number of ether oxygens (including phenoxy) is 3. The number of hydrogen-bond acceptors (Lipinski definition) is 7. The molecule has 0 spiro atoms. The number of benzene rings is 3. The molecular formula is C28H23NO7. The van der Waals surface area contributed by atoms with E-state index in [4.69, 9.17) is 14.2 Å². The van der Waals surface area contributed by atoms with Crippen molar-refractivity contribution in [2.24, 2.45) is 0 Å². The minimum atomic E-state index is -0.808. The summed E-state index contributed by atoms with van der Waals surface area (Å²) in [7, 11) is 1.30. The standard InChI is InChI=1S/C28H23NO7/c1-16-5-3-4-6-20(16)24-23(25(30)19-11-12-21-22(13-19)36-15-35-21)26(31)27(32)29(24)14-17-7-9-18(10-8-17)28(33)34-2/h3-13,24,30H,14-15H2,1-2H3/b25-23+. The minimum Gasteiger partial charge on any atom is -0.507 e. The fourth-order valence-corrected chi connectivity index (χ4v) is 4.52. The van der Waals surface area contributed by atoms with E-state index in [0.29, 0.717) is 28.2 Å². The molecule has 2 heterocycles. The van der Waals surface area contributed by atoms with E-state index in [2.05, 4.69) is 0 Å². The van der Waals surface area contributed by atoms with Gasteiger partial charge < -0.3 is 24.2 Å². The van der Waals surface area contributed by atoms with Crippen molar-refractivity contribution >= 4 is 23.4 Å². The van der Waals surface area contributed by atoms with Gasteiger partial charge in [-0.15, -0.1) is 0 Å². The molecule has 2 aliphatic heterocycles. The molecule has 1 amide bonds. The molecular weight excluding hydrogens is 462 g/mol. The number of carbonyl (C=O) groups is 3. The van der Waals surface area contributed by atoms with Crippen molar-refractivity contribution < 1.29 is 33.7 Å². The summed E-state index contributed by atoms with van der Waals surface area (Å²) in [4.78, 5) is 39.8. The molecule has 0 aliphatic carbocycles. The molecule has 5 rings (SSSR count). The normalized spacial score (nSPS) is 17.9. The Hall–Kier alpha value is -4.59. The van der Waals surface area contributed by atoms with Crippen LogP contribution >= 0.6 is 0 Å². The Bertz CT molecular complexity index is 1410. The second kappa shape index (κ2) is 9.22. The van der Waals surface area contributed by atoms with Gasteiger partial charge in [-0.05, 0) is 53.9 Å². The van der Waals surface area contributed by atoms with Crippen molar-refractivity contribution in [2.75, 3.05) is 13.9 Å². The average molecular weight is 485 g/mol. The Labute approximate surface area is 207 Å².